The fourth-order valence-electron chi connectivity index (χ4n) is 1.66. The Labute approximate surface area is 120 Å². The molecule has 0 atom stereocenters. The van der Waals surface area contributed by atoms with Crippen molar-refractivity contribution >= 4 is 27.6 Å². The van der Waals surface area contributed by atoms with Crippen molar-refractivity contribution in [3.63, 3.8) is 0 Å². The molecule has 0 aliphatic heterocycles. The predicted octanol–water partition coefficient (Wildman–Crippen LogP) is 2.64. The van der Waals surface area contributed by atoms with Crippen molar-refractivity contribution < 1.29 is 5.11 Å². The van der Waals surface area contributed by atoms with E-state index in [9.17, 15) is 5.11 Å². The second-order valence-corrected chi connectivity index (χ2v) is 4.77. The lowest BCUT2D eigenvalue weighted by Gasteiger charge is -2.09. The molecule has 0 aliphatic rings. The highest BCUT2D eigenvalue weighted by Gasteiger charge is 2.06. The molecule has 0 bridgehead atoms. The highest BCUT2D eigenvalue weighted by molar-refractivity contribution is 9.10. The van der Waals surface area contributed by atoms with E-state index in [1.54, 1.807) is 12.1 Å². The summed E-state index contributed by atoms with van der Waals surface area (Å²) in [6, 6.07) is 7.19. The molecule has 0 saturated heterocycles. The molecule has 0 unspecified atom stereocenters. The summed E-state index contributed by atoms with van der Waals surface area (Å²) >= 11 is 3.45. The number of nitrogens with one attached hydrogen (secondary N) is 2. The molecule has 0 amide bonds. The predicted molar refractivity (Wildman–Crippen MR) is 79.6 cm³/mol. The Kier molecular flexibility index (Phi) is 4.57. The number of halogens is 1. The van der Waals surface area contributed by atoms with Gasteiger partial charge in [0.25, 0.3) is 0 Å². The summed E-state index contributed by atoms with van der Waals surface area (Å²) in [5, 5.41) is 15.4. The number of rotatable bonds is 5. The summed E-state index contributed by atoms with van der Waals surface area (Å²) in [5.74, 6) is 1.80. The molecule has 6 heteroatoms. The second-order valence-electron chi connectivity index (χ2n) is 3.98. The van der Waals surface area contributed by atoms with E-state index in [-0.39, 0.29) is 5.75 Å². The van der Waals surface area contributed by atoms with E-state index in [1.807, 2.05) is 19.2 Å². The van der Waals surface area contributed by atoms with Gasteiger partial charge in [0.15, 0.2) is 0 Å². The minimum absolute atomic E-state index is 0.286. The molecule has 5 nitrogen and oxygen atoms in total. The molecular weight excluding hydrogens is 308 g/mol. The number of hydrogen-bond acceptors (Lipinski definition) is 5. The topological polar surface area (TPSA) is 70.1 Å². The van der Waals surface area contributed by atoms with Gasteiger partial charge in [-0.3, -0.25) is 0 Å². The minimum atomic E-state index is 0.286. The maximum Gasteiger partial charge on any atom is 0.145 e. The van der Waals surface area contributed by atoms with Gasteiger partial charge in [0.05, 0.1) is 0 Å². The van der Waals surface area contributed by atoms with E-state index in [0.29, 0.717) is 0 Å². The van der Waals surface area contributed by atoms with E-state index in [2.05, 4.69) is 36.5 Å². The molecule has 0 radical (unpaired) electrons. The van der Waals surface area contributed by atoms with Crippen molar-refractivity contribution in [1.29, 1.82) is 0 Å². The molecule has 1 aromatic heterocycles. The van der Waals surface area contributed by atoms with Crippen LogP contribution in [-0.4, -0.2) is 28.7 Å². The molecule has 1 aromatic carbocycles. The average Bonchev–Trinajstić information content (AvgIpc) is 2.43. The Bertz CT molecular complexity index is 545. The zero-order chi connectivity index (χ0) is 13.7. The Morgan fingerprint density at radius 1 is 1.16 bits per heavy atom. The van der Waals surface area contributed by atoms with Crippen molar-refractivity contribution in [1.82, 2.24) is 9.97 Å². The van der Waals surface area contributed by atoms with Gasteiger partial charge in [-0.15, -0.1) is 0 Å². The molecule has 0 saturated carbocycles. The first-order valence-corrected chi connectivity index (χ1v) is 6.70. The number of aromatic hydroxyl groups is 1. The molecule has 19 heavy (non-hydrogen) atoms. The molecule has 0 aliphatic carbocycles. The van der Waals surface area contributed by atoms with Gasteiger partial charge in [0.1, 0.15) is 28.2 Å². The van der Waals surface area contributed by atoms with E-state index in [1.165, 1.54) is 6.33 Å². The van der Waals surface area contributed by atoms with E-state index >= 15 is 0 Å². The number of aromatic nitrogens is 2. The maximum absolute atomic E-state index is 9.21. The fourth-order valence-corrected chi connectivity index (χ4v) is 2.20. The van der Waals surface area contributed by atoms with Crippen LogP contribution in [0.2, 0.25) is 0 Å². The van der Waals surface area contributed by atoms with Crippen molar-refractivity contribution in [3.8, 4) is 5.75 Å². The lowest BCUT2D eigenvalue weighted by Crippen LogP contribution is -2.08. The SMILES string of the molecule is CNc1ncnc(NCCc2ccc(O)cc2)c1Br. The van der Waals surface area contributed by atoms with Crippen LogP contribution < -0.4 is 10.6 Å². The zero-order valence-electron chi connectivity index (χ0n) is 10.5. The molecule has 2 aromatic rings. The lowest BCUT2D eigenvalue weighted by molar-refractivity contribution is 0.475. The number of benzene rings is 1. The highest BCUT2D eigenvalue weighted by Crippen LogP contribution is 2.25. The molecular formula is C13H15BrN4O. The first kappa shape index (κ1) is 13.6. The molecule has 2 rings (SSSR count). The van der Waals surface area contributed by atoms with Crippen molar-refractivity contribution in [2.75, 3.05) is 24.2 Å². The van der Waals surface area contributed by atoms with Gasteiger partial charge in [-0.25, -0.2) is 9.97 Å². The number of hydrogen-bond donors (Lipinski definition) is 3. The fraction of sp³-hybridized carbons (Fsp3) is 0.231. The van der Waals surface area contributed by atoms with Crippen LogP contribution in [0.4, 0.5) is 11.6 Å². The van der Waals surface area contributed by atoms with Crippen LogP contribution in [0.15, 0.2) is 35.1 Å². The van der Waals surface area contributed by atoms with Crippen LogP contribution >= 0.6 is 15.9 Å². The quantitative estimate of drug-likeness (QED) is 0.789. The van der Waals surface area contributed by atoms with Crippen molar-refractivity contribution in [2.24, 2.45) is 0 Å². The molecule has 1 heterocycles. The Balaban J connectivity index is 1.94. The van der Waals surface area contributed by atoms with Crippen LogP contribution in [0.3, 0.4) is 0 Å². The Morgan fingerprint density at radius 3 is 2.53 bits per heavy atom. The normalized spacial score (nSPS) is 10.2. The first-order valence-electron chi connectivity index (χ1n) is 5.90. The van der Waals surface area contributed by atoms with Gasteiger partial charge in [0.2, 0.25) is 0 Å². The Morgan fingerprint density at radius 2 is 1.84 bits per heavy atom. The van der Waals surface area contributed by atoms with E-state index in [0.717, 1.165) is 34.6 Å². The number of phenolic OH excluding ortho intramolecular Hbond substituents is 1. The summed E-state index contributed by atoms with van der Waals surface area (Å²) in [5.41, 5.74) is 1.16. The summed E-state index contributed by atoms with van der Waals surface area (Å²) in [6.45, 7) is 0.754. The van der Waals surface area contributed by atoms with Gasteiger partial charge in [-0.1, -0.05) is 12.1 Å². The van der Waals surface area contributed by atoms with Crippen molar-refractivity contribution in [3.05, 3.63) is 40.6 Å². The molecule has 0 spiro atoms. The third-order valence-corrected chi connectivity index (χ3v) is 3.42. The summed E-state index contributed by atoms with van der Waals surface area (Å²) in [4.78, 5) is 8.28. The third-order valence-electron chi connectivity index (χ3n) is 2.67. The van der Waals surface area contributed by atoms with E-state index in [4.69, 9.17) is 0 Å². The van der Waals surface area contributed by atoms with Crippen LogP contribution in [0.5, 0.6) is 5.75 Å². The largest absolute Gasteiger partial charge is 0.508 e. The molecule has 3 N–H and O–H groups in total. The monoisotopic (exact) mass is 322 g/mol. The standard InChI is InChI=1S/C13H15BrN4O/c1-15-12-11(14)13(18-8-17-12)16-7-6-9-2-4-10(19)5-3-9/h2-5,8,19H,6-7H2,1H3,(H2,15,16,17,18). The van der Waals surface area contributed by atoms with Crippen LogP contribution in [0.1, 0.15) is 5.56 Å². The van der Waals surface area contributed by atoms with Crippen molar-refractivity contribution in [2.45, 2.75) is 6.42 Å². The van der Waals surface area contributed by atoms with Crippen LogP contribution in [-0.2, 0) is 6.42 Å². The lowest BCUT2D eigenvalue weighted by atomic mass is 10.1. The Hall–Kier alpha value is -1.82. The smallest absolute Gasteiger partial charge is 0.145 e. The maximum atomic E-state index is 9.21. The molecule has 100 valence electrons. The first-order chi connectivity index (χ1) is 9.20. The van der Waals surface area contributed by atoms with Gasteiger partial charge >= 0.3 is 0 Å². The average molecular weight is 323 g/mol. The summed E-state index contributed by atoms with van der Waals surface area (Å²) in [7, 11) is 1.81. The molecule has 0 fully saturated rings. The van der Waals surface area contributed by atoms with Crippen LogP contribution in [0, 0.1) is 0 Å². The summed E-state index contributed by atoms with van der Waals surface area (Å²) in [6.07, 6.45) is 2.37. The second kappa shape index (κ2) is 6.38. The van der Waals surface area contributed by atoms with Gasteiger partial charge in [-0.2, -0.15) is 0 Å². The number of nitrogens with zero attached hydrogens (tertiary/aromatic N) is 2. The number of phenols is 1. The van der Waals surface area contributed by atoms with Crippen LogP contribution in [0.25, 0.3) is 0 Å². The highest BCUT2D eigenvalue weighted by atomic mass is 79.9. The van der Waals surface area contributed by atoms with E-state index < -0.39 is 0 Å². The van der Waals surface area contributed by atoms with Gasteiger partial charge < -0.3 is 15.7 Å². The minimum Gasteiger partial charge on any atom is -0.508 e. The summed E-state index contributed by atoms with van der Waals surface area (Å²) < 4.78 is 0.822. The number of anilines is 2. The third kappa shape index (κ3) is 3.57. The van der Waals surface area contributed by atoms with Gasteiger partial charge in [0, 0.05) is 13.6 Å². The zero-order valence-corrected chi connectivity index (χ0v) is 12.1. The van der Waals surface area contributed by atoms with Gasteiger partial charge in [-0.05, 0) is 40.0 Å².